The highest BCUT2D eigenvalue weighted by molar-refractivity contribution is 9.10. The summed E-state index contributed by atoms with van der Waals surface area (Å²) in [4.78, 5) is 4.42. The number of thiazole rings is 1. The number of hydrogen-bond acceptors (Lipinski definition) is 4. The van der Waals surface area contributed by atoms with Gasteiger partial charge >= 0.3 is 0 Å². The summed E-state index contributed by atoms with van der Waals surface area (Å²) in [6.45, 7) is 0. The van der Waals surface area contributed by atoms with E-state index in [1.807, 2.05) is 47.8 Å². The topological polar surface area (TPSA) is 46.3 Å². The number of aliphatic hydroxyl groups is 1. The molecule has 2 aromatic heterocycles. The number of benzene rings is 1. The fourth-order valence-corrected chi connectivity index (χ4v) is 2.88. The number of furan rings is 1. The van der Waals surface area contributed by atoms with Crippen molar-refractivity contribution in [3.05, 3.63) is 63.1 Å². The van der Waals surface area contributed by atoms with Crippen molar-refractivity contribution in [3.63, 3.8) is 0 Å². The van der Waals surface area contributed by atoms with Crippen LogP contribution in [0, 0.1) is 0 Å². The third kappa shape index (κ3) is 2.63. The van der Waals surface area contributed by atoms with Gasteiger partial charge in [0.15, 0.2) is 10.4 Å². The molecule has 1 aromatic carbocycles. The lowest BCUT2D eigenvalue weighted by Crippen LogP contribution is -1.98. The van der Waals surface area contributed by atoms with E-state index in [9.17, 15) is 5.11 Å². The molecule has 96 valence electrons. The lowest BCUT2D eigenvalue weighted by molar-refractivity contribution is 0.220. The molecule has 5 heteroatoms. The molecule has 0 spiro atoms. The molecule has 1 atom stereocenters. The van der Waals surface area contributed by atoms with Gasteiger partial charge in [-0.05, 0) is 33.6 Å². The maximum absolute atomic E-state index is 10.3. The van der Waals surface area contributed by atoms with Gasteiger partial charge in [0.05, 0.1) is 0 Å². The number of rotatable bonds is 3. The Balaban J connectivity index is 1.89. The SMILES string of the molecule is OC(c1ccccc1)c1nc(-c2ccc(Br)o2)cs1. The van der Waals surface area contributed by atoms with Crippen molar-refractivity contribution < 1.29 is 9.52 Å². The molecule has 0 aliphatic rings. The molecule has 2 heterocycles. The average Bonchev–Trinajstić information content (AvgIpc) is 3.07. The predicted octanol–water partition coefficient (Wildman–Crippen LogP) is 4.25. The molecule has 0 saturated heterocycles. The zero-order chi connectivity index (χ0) is 13.2. The largest absolute Gasteiger partial charge is 0.448 e. The van der Waals surface area contributed by atoms with Gasteiger partial charge in [0, 0.05) is 5.38 Å². The second kappa shape index (κ2) is 5.28. The van der Waals surface area contributed by atoms with Crippen molar-refractivity contribution in [3.8, 4) is 11.5 Å². The van der Waals surface area contributed by atoms with Gasteiger partial charge < -0.3 is 9.52 Å². The summed E-state index contributed by atoms with van der Waals surface area (Å²) in [5.74, 6) is 0.689. The third-order valence-corrected chi connectivity index (χ3v) is 4.02. The summed E-state index contributed by atoms with van der Waals surface area (Å²) < 4.78 is 6.11. The second-order valence-corrected chi connectivity index (χ2v) is 5.66. The molecular formula is C14H10BrNO2S. The van der Waals surface area contributed by atoms with Gasteiger partial charge in [0.1, 0.15) is 16.8 Å². The molecule has 0 radical (unpaired) electrons. The van der Waals surface area contributed by atoms with E-state index in [1.165, 1.54) is 11.3 Å². The van der Waals surface area contributed by atoms with Crippen LogP contribution in [0.5, 0.6) is 0 Å². The lowest BCUT2D eigenvalue weighted by Gasteiger charge is -2.06. The smallest absolute Gasteiger partial charge is 0.169 e. The molecule has 1 N–H and O–H groups in total. The molecule has 0 bridgehead atoms. The van der Waals surface area contributed by atoms with Crippen LogP contribution in [0.2, 0.25) is 0 Å². The van der Waals surface area contributed by atoms with Gasteiger partial charge in [0.25, 0.3) is 0 Å². The molecule has 0 aliphatic carbocycles. The first-order valence-electron chi connectivity index (χ1n) is 5.68. The van der Waals surface area contributed by atoms with Gasteiger partial charge in [0.2, 0.25) is 0 Å². The van der Waals surface area contributed by atoms with Crippen LogP contribution in [0.1, 0.15) is 16.7 Å². The van der Waals surface area contributed by atoms with Crippen LogP contribution in [0.25, 0.3) is 11.5 Å². The zero-order valence-electron chi connectivity index (χ0n) is 9.79. The van der Waals surface area contributed by atoms with Crippen LogP contribution >= 0.6 is 27.3 Å². The van der Waals surface area contributed by atoms with E-state index in [2.05, 4.69) is 20.9 Å². The van der Waals surface area contributed by atoms with Gasteiger partial charge in [-0.25, -0.2) is 4.98 Å². The average molecular weight is 336 g/mol. The number of aliphatic hydroxyl groups excluding tert-OH is 1. The fraction of sp³-hybridized carbons (Fsp3) is 0.0714. The van der Waals surface area contributed by atoms with Gasteiger partial charge in [-0.15, -0.1) is 11.3 Å². The predicted molar refractivity (Wildman–Crippen MR) is 78.0 cm³/mol. The Morgan fingerprint density at radius 1 is 1.16 bits per heavy atom. The van der Waals surface area contributed by atoms with Gasteiger partial charge in [-0.1, -0.05) is 30.3 Å². The molecule has 3 rings (SSSR count). The van der Waals surface area contributed by atoms with Crippen molar-refractivity contribution in [2.45, 2.75) is 6.10 Å². The Bertz CT molecular complexity index is 678. The van der Waals surface area contributed by atoms with Crippen molar-refractivity contribution in [1.29, 1.82) is 0 Å². The standard InChI is InChI=1S/C14H10BrNO2S/c15-12-7-6-11(18-12)10-8-19-14(16-10)13(17)9-4-2-1-3-5-9/h1-8,13,17H. The van der Waals surface area contributed by atoms with E-state index in [0.29, 0.717) is 15.4 Å². The Morgan fingerprint density at radius 2 is 1.95 bits per heavy atom. The summed E-state index contributed by atoms with van der Waals surface area (Å²) in [6.07, 6.45) is -0.696. The van der Waals surface area contributed by atoms with Gasteiger partial charge in [-0.2, -0.15) is 0 Å². The highest BCUT2D eigenvalue weighted by atomic mass is 79.9. The Labute approximate surface area is 122 Å². The Morgan fingerprint density at radius 3 is 2.63 bits per heavy atom. The number of nitrogens with zero attached hydrogens (tertiary/aromatic N) is 1. The van der Waals surface area contributed by atoms with Crippen LogP contribution in [0.4, 0.5) is 0 Å². The van der Waals surface area contributed by atoms with E-state index >= 15 is 0 Å². The quantitative estimate of drug-likeness (QED) is 0.778. The first kappa shape index (κ1) is 12.6. The molecule has 3 nitrogen and oxygen atoms in total. The molecular weight excluding hydrogens is 326 g/mol. The molecule has 19 heavy (non-hydrogen) atoms. The van der Waals surface area contributed by atoms with Crippen LogP contribution in [-0.4, -0.2) is 10.1 Å². The summed E-state index contributed by atoms with van der Waals surface area (Å²) in [5.41, 5.74) is 1.57. The maximum Gasteiger partial charge on any atom is 0.169 e. The summed E-state index contributed by atoms with van der Waals surface area (Å²) in [7, 11) is 0. The van der Waals surface area contributed by atoms with E-state index in [-0.39, 0.29) is 0 Å². The minimum absolute atomic E-state index is 0.661. The van der Waals surface area contributed by atoms with Crippen LogP contribution in [0.3, 0.4) is 0 Å². The monoisotopic (exact) mass is 335 g/mol. The second-order valence-electron chi connectivity index (χ2n) is 3.99. The zero-order valence-corrected chi connectivity index (χ0v) is 12.2. The highest BCUT2D eigenvalue weighted by Crippen LogP contribution is 2.30. The highest BCUT2D eigenvalue weighted by Gasteiger charge is 2.16. The molecule has 0 saturated carbocycles. The maximum atomic E-state index is 10.3. The minimum Gasteiger partial charge on any atom is -0.448 e. The Hall–Kier alpha value is -1.43. The Kier molecular flexibility index (Phi) is 3.50. The minimum atomic E-state index is -0.696. The van der Waals surface area contributed by atoms with E-state index < -0.39 is 6.10 Å². The molecule has 0 aliphatic heterocycles. The summed E-state index contributed by atoms with van der Waals surface area (Å²) in [5, 5.41) is 12.8. The summed E-state index contributed by atoms with van der Waals surface area (Å²) >= 11 is 4.68. The number of aromatic nitrogens is 1. The first-order chi connectivity index (χ1) is 9.24. The number of hydrogen-bond donors (Lipinski definition) is 1. The molecule has 1 unspecified atom stereocenters. The van der Waals surface area contributed by atoms with Gasteiger partial charge in [-0.3, -0.25) is 0 Å². The normalized spacial score (nSPS) is 12.5. The van der Waals surface area contributed by atoms with Crippen LogP contribution < -0.4 is 0 Å². The van der Waals surface area contributed by atoms with Crippen molar-refractivity contribution >= 4 is 27.3 Å². The van der Waals surface area contributed by atoms with Crippen molar-refractivity contribution in [1.82, 2.24) is 4.98 Å². The van der Waals surface area contributed by atoms with E-state index in [4.69, 9.17) is 4.42 Å². The lowest BCUT2D eigenvalue weighted by atomic mass is 10.1. The van der Waals surface area contributed by atoms with Crippen molar-refractivity contribution in [2.24, 2.45) is 0 Å². The van der Waals surface area contributed by atoms with Crippen molar-refractivity contribution in [2.75, 3.05) is 0 Å². The van der Waals surface area contributed by atoms with E-state index in [0.717, 1.165) is 11.3 Å². The molecule has 0 amide bonds. The van der Waals surface area contributed by atoms with Crippen LogP contribution in [0.15, 0.2) is 56.9 Å². The number of halogens is 1. The fourth-order valence-electron chi connectivity index (χ4n) is 1.76. The van der Waals surface area contributed by atoms with Crippen LogP contribution in [-0.2, 0) is 0 Å². The third-order valence-electron chi connectivity index (χ3n) is 2.70. The first-order valence-corrected chi connectivity index (χ1v) is 7.35. The summed E-state index contributed by atoms with van der Waals surface area (Å²) in [6, 6.07) is 13.2. The molecule has 0 fully saturated rings. The van der Waals surface area contributed by atoms with E-state index in [1.54, 1.807) is 0 Å². The molecule has 3 aromatic rings.